The number of halogens is 2. The summed E-state index contributed by atoms with van der Waals surface area (Å²) in [5.74, 6) is -1.76. The summed E-state index contributed by atoms with van der Waals surface area (Å²) in [6, 6.07) is 15.0. The quantitative estimate of drug-likeness (QED) is 0.565. The van der Waals surface area contributed by atoms with Gasteiger partial charge in [0.15, 0.2) is 0 Å². The number of hydrogen-bond acceptors (Lipinski definition) is 3. The molecule has 2 N–H and O–H groups in total. The highest BCUT2D eigenvalue weighted by Crippen LogP contribution is 2.48. The van der Waals surface area contributed by atoms with Gasteiger partial charge in [-0.25, -0.2) is 0 Å². The zero-order valence-corrected chi connectivity index (χ0v) is 19.6. The van der Waals surface area contributed by atoms with E-state index in [-0.39, 0.29) is 24.3 Å². The van der Waals surface area contributed by atoms with Crippen molar-refractivity contribution in [1.29, 1.82) is 0 Å². The van der Waals surface area contributed by atoms with E-state index in [1.54, 1.807) is 0 Å². The van der Waals surface area contributed by atoms with Crippen LogP contribution in [-0.2, 0) is 14.4 Å². The predicted octanol–water partition coefficient (Wildman–Crippen LogP) is 4.67. The largest absolute Gasteiger partial charge is 0.480 e. The van der Waals surface area contributed by atoms with E-state index in [9.17, 15) is 14.4 Å². The molecule has 6 nitrogen and oxygen atoms in total. The minimum atomic E-state index is -1.12. The number of carbonyl (C=O) groups excluding carboxylic acids is 2. The highest BCUT2D eigenvalue weighted by atomic mass is 35.5. The molecule has 1 saturated carbocycles. The number of carboxylic acid groups (broad SMARTS) is 1. The fourth-order valence-electron chi connectivity index (χ4n) is 4.68. The number of benzene rings is 2. The van der Waals surface area contributed by atoms with Crippen LogP contribution in [0, 0.1) is 11.8 Å². The number of piperidine rings is 1. The first kappa shape index (κ1) is 23.6. The molecule has 2 aliphatic rings. The van der Waals surface area contributed by atoms with Gasteiger partial charge in [-0.05, 0) is 60.6 Å². The normalized spacial score (nSPS) is 22.8. The van der Waals surface area contributed by atoms with Crippen molar-refractivity contribution in [2.75, 3.05) is 13.1 Å². The molecule has 174 valence electrons. The summed E-state index contributed by atoms with van der Waals surface area (Å²) in [5, 5.41) is 12.5. The van der Waals surface area contributed by atoms with Crippen LogP contribution in [0.5, 0.6) is 0 Å². The van der Waals surface area contributed by atoms with Crippen LogP contribution in [0.15, 0.2) is 48.5 Å². The summed E-state index contributed by atoms with van der Waals surface area (Å²) in [5.41, 5.74) is 2.00. The molecule has 2 amide bonds. The van der Waals surface area contributed by atoms with E-state index < -0.39 is 24.3 Å². The zero-order chi connectivity index (χ0) is 23.5. The molecule has 2 aromatic carbocycles. The van der Waals surface area contributed by atoms with E-state index in [0.29, 0.717) is 28.9 Å². The van der Waals surface area contributed by atoms with Crippen molar-refractivity contribution in [3.63, 3.8) is 0 Å². The van der Waals surface area contributed by atoms with E-state index in [1.165, 1.54) is 0 Å². The summed E-state index contributed by atoms with van der Waals surface area (Å²) in [7, 11) is 0. The first-order valence-electron chi connectivity index (χ1n) is 11.1. The Kier molecular flexibility index (Phi) is 7.25. The SMILES string of the molecule is O=C(O)CNC(=O)C[C@H]1C[C@H](c2cccc(Cl)c2)[C@@H](c2ccc(Cl)cc2)N(CC2CC2)C1=O. The Balaban J connectivity index is 1.69. The average Bonchev–Trinajstić information content (AvgIpc) is 3.60. The lowest BCUT2D eigenvalue weighted by atomic mass is 9.74. The Morgan fingerprint density at radius 1 is 1.03 bits per heavy atom. The number of amides is 2. The minimum absolute atomic E-state index is 0.0440. The van der Waals surface area contributed by atoms with Crippen LogP contribution in [0.3, 0.4) is 0 Å². The topological polar surface area (TPSA) is 86.7 Å². The third-order valence-electron chi connectivity index (χ3n) is 6.40. The van der Waals surface area contributed by atoms with E-state index in [1.807, 2.05) is 53.4 Å². The summed E-state index contributed by atoms with van der Waals surface area (Å²) < 4.78 is 0. The van der Waals surface area contributed by atoms with Crippen LogP contribution in [0.25, 0.3) is 0 Å². The Labute approximate surface area is 202 Å². The van der Waals surface area contributed by atoms with Crippen molar-refractivity contribution in [3.8, 4) is 0 Å². The van der Waals surface area contributed by atoms with Gasteiger partial charge in [0.1, 0.15) is 6.54 Å². The Morgan fingerprint density at radius 2 is 1.76 bits per heavy atom. The molecule has 3 atom stereocenters. The van der Waals surface area contributed by atoms with Crippen molar-refractivity contribution in [2.24, 2.45) is 11.8 Å². The third-order valence-corrected chi connectivity index (χ3v) is 6.88. The zero-order valence-electron chi connectivity index (χ0n) is 18.0. The smallest absolute Gasteiger partial charge is 0.322 e. The lowest BCUT2D eigenvalue weighted by molar-refractivity contribution is -0.146. The molecular formula is C25H26Cl2N2O4. The molecule has 0 bridgehead atoms. The number of nitrogens with zero attached hydrogens (tertiary/aromatic N) is 1. The maximum Gasteiger partial charge on any atom is 0.322 e. The summed E-state index contributed by atoms with van der Waals surface area (Å²) in [6.07, 6.45) is 2.59. The van der Waals surface area contributed by atoms with E-state index in [4.69, 9.17) is 28.3 Å². The number of carboxylic acids is 1. The number of carbonyl (C=O) groups is 3. The molecule has 4 rings (SSSR count). The molecule has 0 unspecified atom stereocenters. The lowest BCUT2D eigenvalue weighted by Crippen LogP contribution is -2.48. The first-order chi connectivity index (χ1) is 15.8. The second-order valence-corrected chi connectivity index (χ2v) is 9.77. The van der Waals surface area contributed by atoms with E-state index in [0.717, 1.165) is 24.0 Å². The monoisotopic (exact) mass is 488 g/mol. The standard InChI is InChI=1S/C25H26Cl2N2O4/c26-19-8-6-16(7-9-19)24-21(17-2-1-3-20(27)10-17)11-18(12-22(30)28-13-23(31)32)25(33)29(24)14-15-4-5-15/h1-3,6-10,15,18,21,24H,4-5,11-14H2,(H,28,30)(H,31,32)/t18-,21-,24-/m1/s1. The van der Waals surface area contributed by atoms with Gasteiger partial charge in [0.05, 0.1) is 6.04 Å². The van der Waals surface area contributed by atoms with Crippen LogP contribution < -0.4 is 5.32 Å². The summed E-state index contributed by atoms with van der Waals surface area (Å²) >= 11 is 12.4. The highest BCUT2D eigenvalue weighted by molar-refractivity contribution is 6.30. The number of aliphatic carboxylic acids is 1. The van der Waals surface area contributed by atoms with Gasteiger partial charge in [0, 0.05) is 34.8 Å². The molecule has 0 aromatic heterocycles. The van der Waals surface area contributed by atoms with E-state index in [2.05, 4.69) is 5.32 Å². The molecule has 2 fully saturated rings. The molecule has 2 aromatic rings. The van der Waals surface area contributed by atoms with Crippen molar-refractivity contribution < 1.29 is 19.5 Å². The summed E-state index contributed by atoms with van der Waals surface area (Å²) in [4.78, 5) is 38.8. The molecule has 0 radical (unpaired) electrons. The van der Waals surface area contributed by atoms with E-state index >= 15 is 0 Å². The minimum Gasteiger partial charge on any atom is -0.480 e. The van der Waals surface area contributed by atoms with Gasteiger partial charge in [0.2, 0.25) is 11.8 Å². The van der Waals surface area contributed by atoms with Gasteiger partial charge in [-0.3, -0.25) is 14.4 Å². The molecular weight excluding hydrogens is 463 g/mol. The van der Waals surface area contributed by atoms with Crippen molar-refractivity contribution >= 4 is 41.0 Å². The molecule has 1 saturated heterocycles. The molecule has 1 aliphatic carbocycles. The van der Waals surface area contributed by atoms with Gasteiger partial charge in [-0.2, -0.15) is 0 Å². The Morgan fingerprint density at radius 3 is 2.39 bits per heavy atom. The summed E-state index contributed by atoms with van der Waals surface area (Å²) in [6.45, 7) is 0.174. The average molecular weight is 489 g/mol. The molecule has 8 heteroatoms. The maximum absolute atomic E-state index is 13.6. The number of nitrogens with one attached hydrogen (secondary N) is 1. The van der Waals surface area contributed by atoms with Crippen LogP contribution in [-0.4, -0.2) is 40.9 Å². The fourth-order valence-corrected chi connectivity index (χ4v) is 5.00. The molecule has 33 heavy (non-hydrogen) atoms. The van der Waals surface area contributed by atoms with Gasteiger partial charge >= 0.3 is 5.97 Å². The number of rotatable bonds is 8. The van der Waals surface area contributed by atoms with Crippen molar-refractivity contribution in [3.05, 3.63) is 69.7 Å². The van der Waals surface area contributed by atoms with Crippen LogP contribution in [0.4, 0.5) is 0 Å². The van der Waals surface area contributed by atoms with Gasteiger partial charge in [-0.1, -0.05) is 47.5 Å². The molecule has 1 aliphatic heterocycles. The van der Waals surface area contributed by atoms with Gasteiger partial charge in [0.25, 0.3) is 0 Å². The second-order valence-electron chi connectivity index (χ2n) is 8.90. The molecule has 0 spiro atoms. The fraction of sp³-hybridized carbons (Fsp3) is 0.400. The number of hydrogen-bond donors (Lipinski definition) is 2. The van der Waals surface area contributed by atoms with Gasteiger partial charge < -0.3 is 15.3 Å². The van der Waals surface area contributed by atoms with Gasteiger partial charge in [-0.15, -0.1) is 0 Å². The first-order valence-corrected chi connectivity index (χ1v) is 11.9. The van der Waals surface area contributed by atoms with Crippen molar-refractivity contribution in [2.45, 2.75) is 37.6 Å². The maximum atomic E-state index is 13.6. The second kappa shape index (κ2) is 10.1. The van der Waals surface area contributed by atoms with Crippen molar-refractivity contribution in [1.82, 2.24) is 10.2 Å². The Hall–Kier alpha value is -2.57. The number of likely N-dealkylation sites (tertiary alicyclic amines) is 1. The van der Waals surface area contributed by atoms with Crippen LogP contribution in [0.2, 0.25) is 10.0 Å². The predicted molar refractivity (Wildman–Crippen MR) is 126 cm³/mol. The van der Waals surface area contributed by atoms with Crippen LogP contribution in [0.1, 0.15) is 48.8 Å². The lowest BCUT2D eigenvalue weighted by Gasteiger charge is -2.45. The molecule has 1 heterocycles. The highest BCUT2D eigenvalue weighted by Gasteiger charge is 2.45. The Bertz CT molecular complexity index is 1040. The van der Waals surface area contributed by atoms with Crippen LogP contribution >= 0.6 is 23.2 Å². The third kappa shape index (κ3) is 5.87.